The van der Waals surface area contributed by atoms with Crippen molar-refractivity contribution in [2.75, 3.05) is 52.5 Å². The number of morpholine rings is 1. The Morgan fingerprint density at radius 3 is 2.45 bits per heavy atom. The van der Waals surface area contributed by atoms with Crippen LogP contribution in [0.25, 0.3) is 0 Å². The normalized spacial score (nSPS) is 21.4. The number of hydrogen-bond donors (Lipinski definition) is 2. The Hall–Kier alpha value is -1.11. The third-order valence-electron chi connectivity index (χ3n) is 5.40. The molecule has 0 aliphatic carbocycles. The molecule has 0 amide bonds. The zero-order chi connectivity index (χ0) is 21.4. The van der Waals surface area contributed by atoms with Gasteiger partial charge in [-0.05, 0) is 37.5 Å². The summed E-state index contributed by atoms with van der Waals surface area (Å²) in [5.41, 5.74) is 0.186. The Bertz CT molecular complexity index is 676. The van der Waals surface area contributed by atoms with Gasteiger partial charge in [-0.2, -0.15) is 13.2 Å². The van der Waals surface area contributed by atoms with E-state index in [1.165, 1.54) is 0 Å². The molecule has 176 valence electrons. The quantitative estimate of drug-likeness (QED) is 0.307. The van der Waals surface area contributed by atoms with Crippen molar-refractivity contribution in [1.29, 1.82) is 0 Å². The third kappa shape index (κ3) is 8.07. The first kappa shape index (κ1) is 26.1. The van der Waals surface area contributed by atoms with E-state index < -0.39 is 11.7 Å². The fourth-order valence-electron chi connectivity index (χ4n) is 3.75. The number of guanidine groups is 1. The molecule has 3 rings (SSSR count). The lowest BCUT2D eigenvalue weighted by molar-refractivity contribution is -0.137. The Balaban J connectivity index is 0.00000341. The molecular weight excluding hydrogens is 524 g/mol. The maximum atomic E-state index is 13.0. The van der Waals surface area contributed by atoms with Crippen LogP contribution in [0.15, 0.2) is 29.3 Å². The van der Waals surface area contributed by atoms with Crippen molar-refractivity contribution < 1.29 is 22.6 Å². The van der Waals surface area contributed by atoms with Gasteiger partial charge < -0.3 is 20.1 Å². The van der Waals surface area contributed by atoms with E-state index in [1.54, 1.807) is 12.1 Å². The molecule has 10 heteroatoms. The first-order valence-corrected chi connectivity index (χ1v) is 10.6. The smallest absolute Gasteiger partial charge is 0.379 e. The molecule has 2 saturated heterocycles. The molecule has 0 saturated carbocycles. The molecule has 2 aliphatic heterocycles. The highest BCUT2D eigenvalue weighted by Gasteiger charge is 2.31. The van der Waals surface area contributed by atoms with Gasteiger partial charge in [-0.15, -0.1) is 24.0 Å². The van der Waals surface area contributed by atoms with E-state index in [0.29, 0.717) is 32.3 Å². The molecule has 2 fully saturated rings. The van der Waals surface area contributed by atoms with Crippen molar-refractivity contribution in [1.82, 2.24) is 15.5 Å². The summed E-state index contributed by atoms with van der Waals surface area (Å²) in [6, 6.07) is 5.30. The number of nitrogens with one attached hydrogen (secondary N) is 2. The lowest BCUT2D eigenvalue weighted by Gasteiger charge is -2.34. The number of aliphatic imine (C=N–C) groups is 1. The van der Waals surface area contributed by atoms with Crippen LogP contribution in [0, 0.1) is 0 Å². The number of rotatable bonds is 7. The molecule has 0 radical (unpaired) electrons. The topological polar surface area (TPSA) is 58.1 Å². The Labute approximate surface area is 199 Å². The molecule has 2 aliphatic rings. The number of nitrogens with zero attached hydrogens (tertiary/aromatic N) is 2. The van der Waals surface area contributed by atoms with Gasteiger partial charge in [0.15, 0.2) is 5.96 Å². The van der Waals surface area contributed by atoms with Gasteiger partial charge in [-0.25, -0.2) is 0 Å². The lowest BCUT2D eigenvalue weighted by atomic mass is 10.0. The fourth-order valence-corrected chi connectivity index (χ4v) is 3.75. The Morgan fingerprint density at radius 1 is 1.16 bits per heavy atom. The van der Waals surface area contributed by atoms with Crippen molar-refractivity contribution in [3.05, 3.63) is 35.4 Å². The molecule has 2 heterocycles. The van der Waals surface area contributed by atoms with Crippen LogP contribution in [-0.4, -0.2) is 69.5 Å². The highest BCUT2D eigenvalue weighted by molar-refractivity contribution is 14.0. The van der Waals surface area contributed by atoms with Crippen molar-refractivity contribution in [2.24, 2.45) is 4.99 Å². The molecule has 31 heavy (non-hydrogen) atoms. The van der Waals surface area contributed by atoms with E-state index in [1.807, 2.05) is 6.92 Å². The number of hydrogen-bond acceptors (Lipinski definition) is 4. The van der Waals surface area contributed by atoms with E-state index >= 15 is 0 Å². The summed E-state index contributed by atoms with van der Waals surface area (Å²) in [4.78, 5) is 6.95. The Morgan fingerprint density at radius 2 is 1.87 bits per heavy atom. The maximum absolute atomic E-state index is 13.0. The highest BCUT2D eigenvalue weighted by atomic mass is 127. The van der Waals surface area contributed by atoms with Crippen molar-refractivity contribution >= 4 is 29.9 Å². The first-order chi connectivity index (χ1) is 14.5. The van der Waals surface area contributed by atoms with Crippen molar-refractivity contribution in [3.63, 3.8) is 0 Å². The van der Waals surface area contributed by atoms with Crippen LogP contribution in [0.5, 0.6) is 0 Å². The second-order valence-electron chi connectivity index (χ2n) is 7.52. The van der Waals surface area contributed by atoms with Gasteiger partial charge in [-0.1, -0.05) is 12.1 Å². The summed E-state index contributed by atoms with van der Waals surface area (Å²) in [6.45, 7) is 7.31. The summed E-state index contributed by atoms with van der Waals surface area (Å²) < 4.78 is 49.9. The monoisotopic (exact) mass is 556 g/mol. The van der Waals surface area contributed by atoms with Gasteiger partial charge in [0, 0.05) is 32.8 Å². The maximum Gasteiger partial charge on any atom is 0.416 e. The minimum Gasteiger partial charge on any atom is -0.379 e. The molecule has 0 bridgehead atoms. The van der Waals surface area contributed by atoms with Crippen LogP contribution in [-0.2, 0) is 15.7 Å². The summed E-state index contributed by atoms with van der Waals surface area (Å²) >= 11 is 0. The van der Waals surface area contributed by atoms with Crippen LogP contribution >= 0.6 is 24.0 Å². The van der Waals surface area contributed by atoms with E-state index in [2.05, 4.69) is 15.5 Å². The zero-order valence-corrected chi connectivity index (χ0v) is 20.1. The largest absolute Gasteiger partial charge is 0.416 e. The molecule has 2 N–H and O–H groups in total. The highest BCUT2D eigenvalue weighted by Crippen LogP contribution is 2.31. The average molecular weight is 556 g/mol. The number of ether oxygens (including phenoxy) is 2. The standard InChI is InChI=1S/C21H31F3N4O2.HI/c1-2-25-20(26-14-18-4-3-11-30-18)27-15-19(28-9-12-29-13-10-28)16-5-7-17(8-6-16)21(22,23)24;/h5-8,18-19H,2-4,9-15H2,1H3,(H2,25,26,27);1H. The van der Waals surface area contributed by atoms with E-state index in [0.717, 1.165) is 56.8 Å². The van der Waals surface area contributed by atoms with Crippen LogP contribution in [0.3, 0.4) is 0 Å². The van der Waals surface area contributed by atoms with E-state index in [4.69, 9.17) is 14.5 Å². The van der Waals surface area contributed by atoms with Gasteiger partial charge in [0.2, 0.25) is 0 Å². The van der Waals surface area contributed by atoms with Crippen LogP contribution < -0.4 is 10.6 Å². The third-order valence-corrected chi connectivity index (χ3v) is 5.40. The van der Waals surface area contributed by atoms with Gasteiger partial charge in [-0.3, -0.25) is 9.89 Å². The summed E-state index contributed by atoms with van der Waals surface area (Å²) in [5, 5.41) is 6.56. The number of halogens is 4. The van der Waals surface area contributed by atoms with Crippen LogP contribution in [0.4, 0.5) is 13.2 Å². The summed E-state index contributed by atoms with van der Waals surface area (Å²) in [7, 11) is 0. The fraction of sp³-hybridized carbons (Fsp3) is 0.667. The lowest BCUT2D eigenvalue weighted by Crippen LogP contribution is -2.43. The Kier molecular flexibility index (Phi) is 10.8. The minimum atomic E-state index is -4.34. The molecule has 2 atom stereocenters. The van der Waals surface area contributed by atoms with E-state index in [9.17, 15) is 13.2 Å². The second-order valence-corrected chi connectivity index (χ2v) is 7.52. The second kappa shape index (κ2) is 12.8. The van der Waals surface area contributed by atoms with Gasteiger partial charge in [0.05, 0.1) is 37.5 Å². The van der Waals surface area contributed by atoms with Crippen LogP contribution in [0.2, 0.25) is 0 Å². The van der Waals surface area contributed by atoms with E-state index in [-0.39, 0.29) is 36.1 Å². The summed E-state index contributed by atoms with van der Waals surface area (Å²) in [6.07, 6.45) is -2.03. The molecule has 6 nitrogen and oxygen atoms in total. The zero-order valence-electron chi connectivity index (χ0n) is 17.8. The predicted octanol–water partition coefficient (Wildman–Crippen LogP) is 3.43. The number of benzene rings is 1. The molecule has 0 spiro atoms. The van der Waals surface area contributed by atoms with Crippen LogP contribution in [0.1, 0.15) is 36.9 Å². The van der Waals surface area contributed by atoms with Gasteiger partial charge >= 0.3 is 6.18 Å². The summed E-state index contributed by atoms with van der Waals surface area (Å²) in [5.74, 6) is 0.693. The van der Waals surface area contributed by atoms with Crippen molar-refractivity contribution in [2.45, 2.75) is 38.1 Å². The predicted molar refractivity (Wildman–Crippen MR) is 125 cm³/mol. The molecule has 1 aromatic rings. The molecular formula is C21H32F3IN4O2. The molecule has 0 aromatic heterocycles. The average Bonchev–Trinajstić information content (AvgIpc) is 3.26. The SMILES string of the molecule is CCNC(=NCC(c1ccc(C(F)(F)F)cc1)N1CCOCC1)NCC1CCCO1.I. The minimum absolute atomic E-state index is 0. The van der Waals surface area contributed by atoms with Gasteiger partial charge in [0.1, 0.15) is 0 Å². The number of alkyl halides is 3. The molecule has 1 aromatic carbocycles. The first-order valence-electron chi connectivity index (χ1n) is 10.6. The molecule has 2 unspecified atom stereocenters. The van der Waals surface area contributed by atoms with Crippen molar-refractivity contribution in [3.8, 4) is 0 Å². The van der Waals surface area contributed by atoms with Gasteiger partial charge in [0.25, 0.3) is 0 Å².